The molecule has 0 fully saturated rings. The molecule has 28 heavy (non-hydrogen) atoms. The van der Waals surface area contributed by atoms with Crippen LogP contribution in [0.5, 0.6) is 11.5 Å². The Morgan fingerprint density at radius 1 is 1.00 bits per heavy atom. The van der Waals surface area contributed by atoms with E-state index in [1.165, 1.54) is 5.56 Å². The first-order chi connectivity index (χ1) is 13.6. The lowest BCUT2D eigenvalue weighted by molar-refractivity contribution is -0.128. The van der Waals surface area contributed by atoms with Gasteiger partial charge in [0.2, 0.25) is 0 Å². The summed E-state index contributed by atoms with van der Waals surface area (Å²) in [4.78, 5) is 12.7. The van der Waals surface area contributed by atoms with Gasteiger partial charge < -0.3 is 14.8 Å². The van der Waals surface area contributed by atoms with Crippen molar-refractivity contribution in [3.8, 4) is 11.5 Å². The van der Waals surface area contributed by atoms with Gasteiger partial charge in [-0.25, -0.2) is 0 Å². The number of hydrogen-bond donors (Lipinski definition) is 1. The molecule has 3 rings (SSSR count). The molecule has 1 amide bonds. The van der Waals surface area contributed by atoms with Crippen LogP contribution in [0.25, 0.3) is 10.8 Å². The second-order valence-corrected chi connectivity index (χ2v) is 7.03. The highest BCUT2D eigenvalue weighted by atomic mass is 16.5. The fraction of sp³-hybridized carbons (Fsp3) is 0.292. The zero-order valence-corrected chi connectivity index (χ0v) is 16.6. The largest absolute Gasteiger partial charge is 0.491 e. The summed E-state index contributed by atoms with van der Waals surface area (Å²) in [6, 6.07) is 21.6. The normalized spacial score (nSPS) is 13.0. The van der Waals surface area contributed by atoms with Crippen molar-refractivity contribution in [2.24, 2.45) is 0 Å². The van der Waals surface area contributed by atoms with E-state index in [1.807, 2.05) is 87.5 Å². The van der Waals surface area contributed by atoms with E-state index in [1.54, 1.807) is 0 Å². The fourth-order valence-electron chi connectivity index (χ4n) is 3.01. The van der Waals surface area contributed by atoms with Crippen LogP contribution in [0.2, 0.25) is 0 Å². The number of rotatable bonds is 8. The predicted molar refractivity (Wildman–Crippen MR) is 113 cm³/mol. The van der Waals surface area contributed by atoms with Crippen molar-refractivity contribution in [3.63, 3.8) is 0 Å². The Labute approximate surface area is 166 Å². The van der Waals surface area contributed by atoms with Crippen LogP contribution in [-0.2, 0) is 4.79 Å². The summed E-state index contributed by atoms with van der Waals surface area (Å²) in [5.74, 6) is 1.39. The minimum atomic E-state index is -0.548. The van der Waals surface area contributed by atoms with E-state index >= 15 is 0 Å². The van der Waals surface area contributed by atoms with E-state index < -0.39 is 6.10 Å². The highest BCUT2D eigenvalue weighted by molar-refractivity contribution is 5.89. The minimum absolute atomic E-state index is 0.126. The molecule has 0 aliphatic heterocycles. The number of ether oxygens (including phenoxy) is 2. The highest BCUT2D eigenvalue weighted by Crippen LogP contribution is 2.26. The van der Waals surface area contributed by atoms with Crippen LogP contribution in [-0.4, -0.2) is 24.7 Å². The molecule has 146 valence electrons. The molecular formula is C24H27NO3. The molecule has 4 heteroatoms. The maximum absolute atomic E-state index is 12.7. The SMILES string of the molecule is CC[C@H](Oc1cccc2ccccc12)C(=O)N[C@H](C)COc1ccc(C)cc1. The molecule has 0 radical (unpaired) electrons. The van der Waals surface area contributed by atoms with Crippen LogP contribution in [0.3, 0.4) is 0 Å². The summed E-state index contributed by atoms with van der Waals surface area (Å²) in [5.41, 5.74) is 1.19. The van der Waals surface area contributed by atoms with Gasteiger partial charge in [0.05, 0.1) is 6.04 Å². The summed E-state index contributed by atoms with van der Waals surface area (Å²) in [7, 11) is 0. The Bertz CT molecular complexity index is 915. The molecule has 0 bridgehead atoms. The number of carbonyl (C=O) groups is 1. The summed E-state index contributed by atoms with van der Waals surface area (Å²) in [6.07, 6.45) is 0.0354. The fourth-order valence-corrected chi connectivity index (χ4v) is 3.01. The van der Waals surface area contributed by atoms with Gasteiger partial charge in [0, 0.05) is 5.39 Å². The first-order valence-electron chi connectivity index (χ1n) is 9.71. The lowest BCUT2D eigenvalue weighted by Crippen LogP contribution is -2.44. The van der Waals surface area contributed by atoms with E-state index in [2.05, 4.69) is 5.32 Å². The van der Waals surface area contributed by atoms with E-state index in [-0.39, 0.29) is 11.9 Å². The predicted octanol–water partition coefficient (Wildman–Crippen LogP) is 4.89. The third-order valence-corrected chi connectivity index (χ3v) is 4.59. The van der Waals surface area contributed by atoms with Gasteiger partial charge in [-0.1, -0.05) is 61.0 Å². The summed E-state index contributed by atoms with van der Waals surface area (Å²) < 4.78 is 11.8. The van der Waals surface area contributed by atoms with Crippen molar-refractivity contribution < 1.29 is 14.3 Å². The van der Waals surface area contributed by atoms with Crippen LogP contribution >= 0.6 is 0 Å². The molecule has 0 aliphatic carbocycles. The number of fused-ring (bicyclic) bond motifs is 1. The molecule has 1 N–H and O–H groups in total. The van der Waals surface area contributed by atoms with Gasteiger partial charge in [0.15, 0.2) is 6.10 Å². The van der Waals surface area contributed by atoms with Crippen LogP contribution in [0.1, 0.15) is 25.8 Å². The summed E-state index contributed by atoms with van der Waals surface area (Å²) in [6.45, 7) is 6.31. The van der Waals surface area contributed by atoms with Crippen LogP contribution in [0.4, 0.5) is 0 Å². The van der Waals surface area contributed by atoms with Gasteiger partial charge >= 0.3 is 0 Å². The third kappa shape index (κ3) is 5.03. The minimum Gasteiger partial charge on any atom is -0.491 e. The van der Waals surface area contributed by atoms with Crippen LogP contribution in [0, 0.1) is 6.92 Å². The first-order valence-corrected chi connectivity index (χ1v) is 9.71. The Hall–Kier alpha value is -3.01. The Morgan fingerprint density at radius 3 is 2.46 bits per heavy atom. The van der Waals surface area contributed by atoms with E-state index in [0.29, 0.717) is 13.0 Å². The smallest absolute Gasteiger partial charge is 0.261 e. The van der Waals surface area contributed by atoms with Crippen molar-refractivity contribution in [2.45, 2.75) is 39.3 Å². The molecule has 0 aromatic heterocycles. The Kier molecular flexibility index (Phi) is 6.53. The molecule has 0 heterocycles. The molecular weight excluding hydrogens is 350 g/mol. The van der Waals surface area contributed by atoms with E-state index in [4.69, 9.17) is 9.47 Å². The van der Waals surface area contributed by atoms with Gasteiger partial charge in [-0.2, -0.15) is 0 Å². The second kappa shape index (κ2) is 9.27. The van der Waals surface area contributed by atoms with Gasteiger partial charge in [-0.3, -0.25) is 4.79 Å². The lowest BCUT2D eigenvalue weighted by atomic mass is 10.1. The van der Waals surface area contributed by atoms with Gasteiger partial charge in [-0.15, -0.1) is 0 Å². The number of hydrogen-bond acceptors (Lipinski definition) is 3. The molecule has 3 aromatic carbocycles. The Morgan fingerprint density at radius 2 is 1.71 bits per heavy atom. The van der Waals surface area contributed by atoms with Crippen LogP contribution < -0.4 is 14.8 Å². The highest BCUT2D eigenvalue weighted by Gasteiger charge is 2.21. The summed E-state index contributed by atoms with van der Waals surface area (Å²) in [5, 5.41) is 5.09. The molecule has 0 spiro atoms. The van der Waals surface area contributed by atoms with Crippen molar-refractivity contribution >= 4 is 16.7 Å². The maximum atomic E-state index is 12.7. The quantitative estimate of drug-likeness (QED) is 0.608. The molecule has 3 aromatic rings. The number of aryl methyl sites for hydroxylation is 1. The molecule has 0 aliphatic rings. The van der Waals surface area contributed by atoms with Gasteiger partial charge in [-0.05, 0) is 43.9 Å². The second-order valence-electron chi connectivity index (χ2n) is 7.03. The average molecular weight is 377 g/mol. The average Bonchev–Trinajstić information content (AvgIpc) is 2.71. The van der Waals surface area contributed by atoms with Crippen molar-refractivity contribution in [2.75, 3.05) is 6.61 Å². The zero-order chi connectivity index (χ0) is 19.9. The van der Waals surface area contributed by atoms with Crippen molar-refractivity contribution in [3.05, 3.63) is 72.3 Å². The zero-order valence-electron chi connectivity index (χ0n) is 16.6. The topological polar surface area (TPSA) is 47.6 Å². The molecule has 2 atom stereocenters. The number of nitrogens with one attached hydrogen (secondary N) is 1. The molecule has 4 nitrogen and oxygen atoms in total. The standard InChI is InChI=1S/C24H27NO3/c1-4-22(28-23-11-7-9-19-8-5-6-10-21(19)23)24(26)25-18(3)16-27-20-14-12-17(2)13-15-20/h5-15,18,22H,4,16H2,1-3H3,(H,25,26)/t18-,22+/m1/s1. The third-order valence-electron chi connectivity index (χ3n) is 4.59. The van der Waals surface area contributed by atoms with E-state index in [0.717, 1.165) is 22.3 Å². The number of carbonyl (C=O) groups excluding carboxylic acids is 1. The molecule has 0 saturated carbocycles. The molecule has 0 saturated heterocycles. The number of benzene rings is 3. The van der Waals surface area contributed by atoms with Crippen LogP contribution in [0.15, 0.2) is 66.7 Å². The number of amides is 1. The maximum Gasteiger partial charge on any atom is 0.261 e. The molecule has 0 unspecified atom stereocenters. The van der Waals surface area contributed by atoms with Gasteiger partial charge in [0.1, 0.15) is 18.1 Å². The lowest BCUT2D eigenvalue weighted by Gasteiger charge is -2.21. The Balaban J connectivity index is 1.59. The monoisotopic (exact) mass is 377 g/mol. The van der Waals surface area contributed by atoms with Gasteiger partial charge in [0.25, 0.3) is 5.91 Å². The van der Waals surface area contributed by atoms with E-state index in [9.17, 15) is 4.79 Å². The van der Waals surface area contributed by atoms with Crippen molar-refractivity contribution in [1.82, 2.24) is 5.32 Å². The summed E-state index contributed by atoms with van der Waals surface area (Å²) >= 11 is 0. The van der Waals surface area contributed by atoms with Crippen molar-refractivity contribution in [1.29, 1.82) is 0 Å². The first kappa shape index (κ1) is 19.7.